The molecular formula is C15H11Cl2NO2. The minimum Gasteiger partial charge on any atom is -0.454 e. The molecule has 1 aliphatic rings. The van der Waals surface area contributed by atoms with Crippen molar-refractivity contribution in [3.8, 4) is 11.5 Å². The Morgan fingerprint density at radius 1 is 1.05 bits per heavy atom. The van der Waals surface area contributed by atoms with Gasteiger partial charge in [-0.1, -0.05) is 29.3 Å². The Hall–Kier alpha value is -1.71. The summed E-state index contributed by atoms with van der Waals surface area (Å²) in [5.74, 6) is 1.13. The maximum absolute atomic E-state index is 11.3. The van der Waals surface area contributed by atoms with Gasteiger partial charge in [0.1, 0.15) is 5.75 Å². The van der Waals surface area contributed by atoms with E-state index in [1.54, 1.807) is 24.3 Å². The highest BCUT2D eigenvalue weighted by Gasteiger charge is 2.16. The Morgan fingerprint density at radius 2 is 1.80 bits per heavy atom. The van der Waals surface area contributed by atoms with Crippen molar-refractivity contribution in [1.82, 2.24) is 0 Å². The lowest BCUT2D eigenvalue weighted by molar-refractivity contribution is -0.116. The smallest absolute Gasteiger partial charge is 0.224 e. The second-order valence-corrected chi connectivity index (χ2v) is 5.33. The molecule has 2 aromatic rings. The van der Waals surface area contributed by atoms with Gasteiger partial charge in [-0.25, -0.2) is 0 Å². The molecule has 0 aromatic heterocycles. The van der Waals surface area contributed by atoms with Crippen molar-refractivity contribution in [2.24, 2.45) is 0 Å². The molecular weight excluding hydrogens is 297 g/mol. The van der Waals surface area contributed by atoms with Crippen LogP contribution < -0.4 is 10.1 Å². The second kappa shape index (κ2) is 5.35. The number of fused-ring (bicyclic) bond motifs is 1. The summed E-state index contributed by atoms with van der Waals surface area (Å²) in [5, 5.41) is 3.75. The van der Waals surface area contributed by atoms with E-state index in [1.165, 1.54) is 0 Å². The van der Waals surface area contributed by atoms with E-state index in [9.17, 15) is 4.79 Å². The lowest BCUT2D eigenvalue weighted by Crippen LogP contribution is -2.18. The average molecular weight is 308 g/mol. The molecule has 2 aromatic carbocycles. The van der Waals surface area contributed by atoms with Gasteiger partial charge in [-0.05, 0) is 42.3 Å². The number of ether oxygens (including phenoxy) is 1. The number of nitrogens with one attached hydrogen (secondary N) is 1. The molecule has 102 valence electrons. The zero-order valence-corrected chi connectivity index (χ0v) is 12.0. The molecule has 0 bridgehead atoms. The fraction of sp³-hybridized carbons (Fsp3) is 0.133. The molecule has 0 unspecified atom stereocenters. The summed E-state index contributed by atoms with van der Waals surface area (Å²) in [7, 11) is 0. The maximum atomic E-state index is 11.3. The van der Waals surface area contributed by atoms with Crippen LogP contribution in [0, 0.1) is 0 Å². The van der Waals surface area contributed by atoms with Gasteiger partial charge >= 0.3 is 0 Å². The van der Waals surface area contributed by atoms with Crippen molar-refractivity contribution in [3.05, 3.63) is 52.0 Å². The van der Waals surface area contributed by atoms with E-state index < -0.39 is 0 Å². The first kappa shape index (κ1) is 13.3. The van der Waals surface area contributed by atoms with Crippen LogP contribution in [0.5, 0.6) is 11.5 Å². The Morgan fingerprint density at radius 3 is 2.55 bits per heavy atom. The largest absolute Gasteiger partial charge is 0.454 e. The van der Waals surface area contributed by atoms with Crippen LogP contribution >= 0.6 is 23.2 Å². The van der Waals surface area contributed by atoms with Gasteiger partial charge in [-0.2, -0.15) is 0 Å². The van der Waals surface area contributed by atoms with Crippen molar-refractivity contribution in [1.29, 1.82) is 0 Å². The Labute approximate surface area is 126 Å². The molecule has 0 saturated heterocycles. The zero-order valence-electron chi connectivity index (χ0n) is 10.5. The third-order valence-corrected chi connectivity index (χ3v) is 3.71. The van der Waals surface area contributed by atoms with Gasteiger partial charge in [-0.15, -0.1) is 0 Å². The molecule has 1 aliphatic heterocycles. The van der Waals surface area contributed by atoms with E-state index in [0.29, 0.717) is 34.4 Å². The monoisotopic (exact) mass is 307 g/mol. The van der Waals surface area contributed by atoms with E-state index in [1.807, 2.05) is 12.1 Å². The van der Waals surface area contributed by atoms with Crippen LogP contribution in [0.4, 0.5) is 5.69 Å². The van der Waals surface area contributed by atoms with Gasteiger partial charge in [-0.3, -0.25) is 4.79 Å². The first-order valence-electron chi connectivity index (χ1n) is 6.18. The number of benzene rings is 2. The number of anilines is 1. The molecule has 5 heteroatoms. The van der Waals surface area contributed by atoms with Crippen LogP contribution in [0.25, 0.3) is 0 Å². The lowest BCUT2D eigenvalue weighted by Gasteiger charge is -2.18. The van der Waals surface area contributed by atoms with Gasteiger partial charge in [0.2, 0.25) is 5.91 Å². The fourth-order valence-electron chi connectivity index (χ4n) is 2.12. The minimum absolute atomic E-state index is 0.0420. The Kier molecular flexibility index (Phi) is 3.55. The number of para-hydroxylation sites is 1. The summed E-state index contributed by atoms with van der Waals surface area (Å²) in [6, 6.07) is 10.7. The summed E-state index contributed by atoms with van der Waals surface area (Å²) in [4.78, 5) is 11.3. The van der Waals surface area contributed by atoms with Crippen molar-refractivity contribution >= 4 is 34.8 Å². The third kappa shape index (κ3) is 2.60. The first-order chi connectivity index (χ1) is 9.63. The highest BCUT2D eigenvalue weighted by molar-refractivity contribution is 6.37. The predicted molar refractivity (Wildman–Crippen MR) is 79.9 cm³/mol. The molecule has 3 rings (SSSR count). The number of amides is 1. The number of halogens is 2. The van der Waals surface area contributed by atoms with E-state index in [-0.39, 0.29) is 5.91 Å². The molecule has 0 atom stereocenters. The Bertz CT molecular complexity index is 665. The summed E-state index contributed by atoms with van der Waals surface area (Å²) in [5.41, 5.74) is 1.88. The SMILES string of the molecule is O=C1CCc2cc(Oc3c(Cl)cccc3Cl)ccc2N1. The number of rotatable bonds is 2. The zero-order chi connectivity index (χ0) is 14.1. The van der Waals surface area contributed by atoms with Gasteiger partial charge in [0.05, 0.1) is 10.0 Å². The molecule has 3 nitrogen and oxygen atoms in total. The van der Waals surface area contributed by atoms with Crippen LogP contribution in [0.2, 0.25) is 10.0 Å². The van der Waals surface area contributed by atoms with E-state index in [4.69, 9.17) is 27.9 Å². The Balaban J connectivity index is 1.91. The summed E-state index contributed by atoms with van der Waals surface area (Å²) in [6.07, 6.45) is 1.19. The van der Waals surface area contributed by atoms with Crippen LogP contribution in [0.15, 0.2) is 36.4 Å². The molecule has 1 amide bonds. The molecule has 20 heavy (non-hydrogen) atoms. The van der Waals surface area contributed by atoms with Crippen molar-refractivity contribution < 1.29 is 9.53 Å². The van der Waals surface area contributed by atoms with Crippen LogP contribution in [-0.4, -0.2) is 5.91 Å². The summed E-state index contributed by atoms with van der Waals surface area (Å²) < 4.78 is 5.76. The number of aryl methyl sites for hydroxylation is 1. The number of carbonyl (C=O) groups excluding carboxylic acids is 1. The van der Waals surface area contributed by atoms with E-state index in [0.717, 1.165) is 11.3 Å². The van der Waals surface area contributed by atoms with Crippen molar-refractivity contribution in [2.45, 2.75) is 12.8 Å². The highest BCUT2D eigenvalue weighted by atomic mass is 35.5. The van der Waals surface area contributed by atoms with Crippen LogP contribution in [0.1, 0.15) is 12.0 Å². The van der Waals surface area contributed by atoms with Gasteiger partial charge in [0, 0.05) is 12.1 Å². The standard InChI is InChI=1S/C15H11Cl2NO2/c16-11-2-1-3-12(17)15(11)20-10-5-6-13-9(8-10)4-7-14(19)18-13/h1-3,5-6,8H,4,7H2,(H,18,19). The van der Waals surface area contributed by atoms with Crippen LogP contribution in [0.3, 0.4) is 0 Å². The fourth-order valence-corrected chi connectivity index (χ4v) is 2.60. The molecule has 1 heterocycles. The quantitative estimate of drug-likeness (QED) is 0.875. The number of carbonyl (C=O) groups is 1. The summed E-state index contributed by atoms with van der Waals surface area (Å²) in [6.45, 7) is 0. The molecule has 0 spiro atoms. The third-order valence-electron chi connectivity index (χ3n) is 3.11. The first-order valence-corrected chi connectivity index (χ1v) is 6.94. The summed E-state index contributed by atoms with van der Waals surface area (Å²) >= 11 is 12.2. The molecule has 0 aliphatic carbocycles. The topological polar surface area (TPSA) is 38.3 Å². The predicted octanol–water partition coefficient (Wildman–Crippen LogP) is 4.67. The maximum Gasteiger partial charge on any atom is 0.224 e. The molecule has 1 N–H and O–H groups in total. The second-order valence-electron chi connectivity index (χ2n) is 4.52. The number of hydrogen-bond acceptors (Lipinski definition) is 2. The van der Waals surface area contributed by atoms with Crippen molar-refractivity contribution in [3.63, 3.8) is 0 Å². The number of hydrogen-bond donors (Lipinski definition) is 1. The van der Waals surface area contributed by atoms with E-state index in [2.05, 4.69) is 5.32 Å². The molecule has 0 saturated carbocycles. The minimum atomic E-state index is 0.0420. The van der Waals surface area contributed by atoms with Crippen LogP contribution in [-0.2, 0) is 11.2 Å². The lowest BCUT2D eigenvalue weighted by atomic mass is 10.0. The average Bonchev–Trinajstić information content (AvgIpc) is 2.43. The van der Waals surface area contributed by atoms with Gasteiger partial charge in [0.25, 0.3) is 0 Å². The normalized spacial score (nSPS) is 13.6. The van der Waals surface area contributed by atoms with Gasteiger partial charge < -0.3 is 10.1 Å². The molecule has 0 radical (unpaired) electrons. The highest BCUT2D eigenvalue weighted by Crippen LogP contribution is 2.37. The van der Waals surface area contributed by atoms with Gasteiger partial charge in [0.15, 0.2) is 5.75 Å². The van der Waals surface area contributed by atoms with E-state index >= 15 is 0 Å². The molecule has 0 fully saturated rings. The van der Waals surface area contributed by atoms with Crippen molar-refractivity contribution in [2.75, 3.05) is 5.32 Å².